The van der Waals surface area contributed by atoms with Crippen molar-refractivity contribution in [3.8, 4) is 6.07 Å². The lowest BCUT2D eigenvalue weighted by Gasteiger charge is -2.20. The third kappa shape index (κ3) is 4.55. The molecule has 0 heterocycles. The molecule has 0 unspecified atom stereocenters. The number of carbonyl (C=O) groups is 1. The minimum Gasteiger partial charge on any atom is -0.430 e. The Bertz CT molecular complexity index is 639. The SMILES string of the molecule is CC(C)c1cc(C#N)cc(C(C)C)c1NC(=O)/N=[S-](/N)=O. The van der Waals surface area contributed by atoms with Crippen molar-refractivity contribution < 1.29 is 9.00 Å². The van der Waals surface area contributed by atoms with E-state index >= 15 is 0 Å². The van der Waals surface area contributed by atoms with Gasteiger partial charge in [-0.15, -0.1) is 10.8 Å². The number of hydrogen-bond acceptors (Lipinski definition) is 4. The van der Waals surface area contributed by atoms with E-state index in [1.807, 2.05) is 27.7 Å². The summed E-state index contributed by atoms with van der Waals surface area (Å²) in [5.74, 6) is 0.212. The van der Waals surface area contributed by atoms with E-state index in [-0.39, 0.29) is 11.8 Å². The largest absolute Gasteiger partial charge is 0.430 e. The van der Waals surface area contributed by atoms with Gasteiger partial charge < -0.3 is 19.0 Å². The van der Waals surface area contributed by atoms with Crippen molar-refractivity contribution in [1.29, 1.82) is 5.26 Å². The number of benzene rings is 1. The van der Waals surface area contributed by atoms with Gasteiger partial charge in [-0.25, -0.2) is 4.79 Å². The van der Waals surface area contributed by atoms with E-state index in [1.165, 1.54) is 0 Å². The van der Waals surface area contributed by atoms with Gasteiger partial charge in [0.05, 0.1) is 11.6 Å². The van der Waals surface area contributed by atoms with E-state index in [9.17, 15) is 9.00 Å². The van der Waals surface area contributed by atoms with Crippen LogP contribution < -0.4 is 10.5 Å². The van der Waals surface area contributed by atoms with Crippen molar-refractivity contribution in [2.75, 3.05) is 5.32 Å². The number of nitrogens with two attached hydrogens (primary N) is 1. The van der Waals surface area contributed by atoms with Gasteiger partial charge in [0.25, 0.3) is 0 Å². The lowest BCUT2D eigenvalue weighted by Crippen LogP contribution is -2.13. The van der Waals surface area contributed by atoms with Crippen LogP contribution in [0.2, 0.25) is 0 Å². The van der Waals surface area contributed by atoms with Crippen molar-refractivity contribution in [3.63, 3.8) is 0 Å². The average Bonchev–Trinajstić information content (AvgIpc) is 2.37. The Labute approximate surface area is 126 Å². The smallest absolute Gasteiger partial charge is 0.323 e. The molecule has 7 heteroatoms. The second kappa shape index (κ2) is 7.20. The minimum atomic E-state index is -2.05. The zero-order chi connectivity index (χ0) is 16.2. The van der Waals surface area contributed by atoms with Crippen molar-refractivity contribution in [3.05, 3.63) is 28.8 Å². The molecular formula is C14H19N4O2S-. The maximum atomic E-state index is 11.7. The molecule has 0 aromatic heterocycles. The van der Waals surface area contributed by atoms with E-state index in [1.54, 1.807) is 12.1 Å². The zero-order valence-electron chi connectivity index (χ0n) is 12.5. The van der Waals surface area contributed by atoms with Crippen LogP contribution in [0.1, 0.15) is 56.2 Å². The lowest BCUT2D eigenvalue weighted by molar-refractivity contribution is 0.260. The first-order valence-electron chi connectivity index (χ1n) is 6.53. The molecule has 0 saturated carbocycles. The van der Waals surface area contributed by atoms with Gasteiger partial charge in [-0.1, -0.05) is 27.7 Å². The number of nitrogens with one attached hydrogen (secondary N) is 1. The molecule has 1 aromatic carbocycles. The van der Waals surface area contributed by atoms with Crippen molar-refractivity contribution in [1.82, 2.24) is 0 Å². The van der Waals surface area contributed by atoms with Crippen LogP contribution in [-0.2, 0) is 15.0 Å². The number of anilines is 1. The Morgan fingerprint density at radius 3 is 2.10 bits per heavy atom. The van der Waals surface area contributed by atoms with Crippen LogP contribution >= 0.6 is 0 Å². The maximum absolute atomic E-state index is 11.7. The quantitative estimate of drug-likeness (QED) is 0.835. The fourth-order valence-corrected chi connectivity index (χ4v) is 2.23. The number of hydrogen-bond donors (Lipinski definition) is 2. The molecule has 0 aliphatic rings. The highest BCUT2D eigenvalue weighted by Gasteiger charge is 2.17. The second-order valence-corrected chi connectivity index (χ2v) is 5.98. The van der Waals surface area contributed by atoms with E-state index in [2.05, 4.69) is 15.7 Å². The molecule has 0 fully saturated rings. The summed E-state index contributed by atoms with van der Waals surface area (Å²) in [6.07, 6.45) is 0. The molecule has 0 bridgehead atoms. The molecule has 0 aliphatic heterocycles. The van der Waals surface area contributed by atoms with Crippen LogP contribution in [0.3, 0.4) is 0 Å². The summed E-state index contributed by atoms with van der Waals surface area (Å²) in [6.45, 7) is 7.87. The standard InChI is InChI=1S/C14H19N4O2S/c1-8(2)11-5-10(7-15)6-12(9(3)4)13(11)17-14(19)18-21(16)20/h5-6,8-9H,1-4H3,(H3,16,17,18,19,20)/q-1. The molecule has 0 spiro atoms. The molecule has 1 aromatic rings. The van der Waals surface area contributed by atoms with E-state index < -0.39 is 16.8 Å². The summed E-state index contributed by atoms with van der Waals surface area (Å²) in [7, 11) is -2.05. The van der Waals surface area contributed by atoms with Gasteiger partial charge in [0.15, 0.2) is 0 Å². The highest BCUT2D eigenvalue weighted by atomic mass is 32.2. The van der Waals surface area contributed by atoms with Crippen molar-refractivity contribution in [2.45, 2.75) is 39.5 Å². The third-order valence-electron chi connectivity index (χ3n) is 2.98. The summed E-state index contributed by atoms with van der Waals surface area (Å²) in [5.41, 5.74) is 2.83. The van der Waals surface area contributed by atoms with Gasteiger partial charge in [-0.2, -0.15) is 5.26 Å². The van der Waals surface area contributed by atoms with Crippen LogP contribution in [-0.4, -0.2) is 6.03 Å². The van der Waals surface area contributed by atoms with Crippen molar-refractivity contribution in [2.24, 2.45) is 9.50 Å². The predicted octanol–water partition coefficient (Wildman–Crippen LogP) is 3.36. The van der Waals surface area contributed by atoms with Gasteiger partial charge in [0.1, 0.15) is 0 Å². The number of nitrogens with zero attached hydrogens (tertiary/aromatic N) is 2. The lowest BCUT2D eigenvalue weighted by atomic mass is 9.90. The maximum Gasteiger partial charge on any atom is 0.323 e. The molecule has 1 rings (SSSR count). The first-order chi connectivity index (χ1) is 9.76. The fourth-order valence-electron chi connectivity index (χ4n) is 2.02. The number of amides is 2. The van der Waals surface area contributed by atoms with E-state index in [4.69, 9.17) is 10.4 Å². The molecule has 3 N–H and O–H groups in total. The Morgan fingerprint density at radius 2 is 1.76 bits per heavy atom. The normalized spacial score (nSPS) is 12.5. The molecule has 0 radical (unpaired) electrons. The summed E-state index contributed by atoms with van der Waals surface area (Å²) >= 11 is 0. The van der Waals surface area contributed by atoms with Gasteiger partial charge in [-0.3, -0.25) is 0 Å². The summed E-state index contributed by atoms with van der Waals surface area (Å²) in [5, 5.41) is 16.8. The van der Waals surface area contributed by atoms with Gasteiger partial charge >= 0.3 is 6.03 Å². The van der Waals surface area contributed by atoms with E-state index in [0.717, 1.165) is 11.1 Å². The molecule has 21 heavy (non-hydrogen) atoms. The van der Waals surface area contributed by atoms with Gasteiger partial charge in [0, 0.05) is 5.69 Å². The Balaban J connectivity index is 3.46. The highest BCUT2D eigenvalue weighted by Crippen LogP contribution is 2.33. The molecule has 2 amide bonds. The highest BCUT2D eigenvalue weighted by molar-refractivity contribution is 7.72. The Hall–Kier alpha value is -1.91. The first-order valence-corrected chi connectivity index (χ1v) is 7.70. The van der Waals surface area contributed by atoms with Crippen LogP contribution in [0.15, 0.2) is 16.5 Å². The zero-order valence-corrected chi connectivity index (χ0v) is 13.3. The van der Waals surface area contributed by atoms with E-state index in [0.29, 0.717) is 11.3 Å². The summed E-state index contributed by atoms with van der Waals surface area (Å²) in [4.78, 5) is 11.7. The Morgan fingerprint density at radius 1 is 1.29 bits per heavy atom. The molecule has 0 saturated heterocycles. The number of nitriles is 1. The van der Waals surface area contributed by atoms with Crippen LogP contribution in [0.5, 0.6) is 0 Å². The summed E-state index contributed by atoms with van der Waals surface area (Å²) < 4.78 is 14.1. The second-order valence-electron chi connectivity index (χ2n) is 5.25. The van der Waals surface area contributed by atoms with Gasteiger partial charge in [-0.05, 0) is 35.1 Å². The van der Waals surface area contributed by atoms with Gasteiger partial charge in [0.2, 0.25) is 0 Å². The third-order valence-corrected chi connectivity index (χ3v) is 3.32. The minimum absolute atomic E-state index is 0.106. The number of carbonyl (C=O) groups excluding carboxylic acids is 1. The van der Waals surface area contributed by atoms with Crippen LogP contribution in [0.25, 0.3) is 0 Å². The fraction of sp³-hybridized carbons (Fsp3) is 0.429. The number of rotatable bonds is 3. The summed E-state index contributed by atoms with van der Waals surface area (Å²) in [6, 6.07) is 4.85. The van der Waals surface area contributed by atoms with Crippen molar-refractivity contribution >= 4 is 22.5 Å². The molecule has 0 atom stereocenters. The molecule has 6 nitrogen and oxygen atoms in total. The molecule has 114 valence electrons. The van der Waals surface area contributed by atoms with Crippen LogP contribution in [0, 0.1) is 11.3 Å². The van der Waals surface area contributed by atoms with Crippen LogP contribution in [0.4, 0.5) is 10.5 Å². The number of urea groups is 1. The average molecular weight is 307 g/mol. The Kier molecular flexibility index (Phi) is 5.88. The topological polar surface area (TPSA) is 108 Å². The predicted molar refractivity (Wildman–Crippen MR) is 83.0 cm³/mol. The monoisotopic (exact) mass is 307 g/mol. The first kappa shape index (κ1) is 17.1. The molecular weight excluding hydrogens is 288 g/mol. The molecule has 0 aliphatic carbocycles.